The van der Waals surface area contributed by atoms with E-state index in [1.165, 1.54) is 4.72 Å². The van der Waals surface area contributed by atoms with Crippen LogP contribution in [0.25, 0.3) is 0 Å². The zero-order valence-electron chi connectivity index (χ0n) is 18.6. The Labute approximate surface area is 206 Å². The van der Waals surface area contributed by atoms with Crippen molar-refractivity contribution in [1.82, 2.24) is 4.72 Å². The minimum Gasteiger partial charge on any atom is -0.280 e. The minimum absolute atomic E-state index is 0.191. The number of nitrogens with one attached hydrogen (secondary N) is 1. The van der Waals surface area contributed by atoms with Crippen LogP contribution in [0.3, 0.4) is 0 Å². The summed E-state index contributed by atoms with van der Waals surface area (Å²) < 4.78 is 249. The molecule has 0 heterocycles. The first-order valence-corrected chi connectivity index (χ1v) is 11.2. The highest BCUT2D eigenvalue weighted by atomic mass is 32.2. The molecule has 0 unspecified atom stereocenters. The molecular weight excluding hydrogens is 627 g/mol. The van der Waals surface area contributed by atoms with E-state index in [9.17, 15) is 87.8 Å². The molecule has 0 aliphatic carbocycles. The van der Waals surface area contributed by atoms with Crippen LogP contribution in [0, 0.1) is 0 Å². The number of rotatable bonds is 15. The number of carbonyl (C=O) groups is 1. The normalized spacial score (nSPS) is 15.4. The highest BCUT2D eigenvalue weighted by Crippen LogP contribution is 2.64. The predicted molar refractivity (Wildman–Crippen MR) is 90.3 cm³/mol. The molecule has 0 aliphatic rings. The lowest BCUT2D eigenvalue weighted by molar-refractivity contribution is -0.872. The lowest BCUT2D eigenvalue weighted by Crippen LogP contribution is -2.84. The first-order valence-electron chi connectivity index (χ1n) is 9.55. The van der Waals surface area contributed by atoms with Crippen molar-refractivity contribution in [1.29, 1.82) is 0 Å². The number of hydrogen-bond donors (Lipinski definition) is 2. The van der Waals surface area contributed by atoms with E-state index < -0.39 is 82.3 Å². The molecule has 3 N–H and O–H groups in total. The molecule has 6 nitrogen and oxygen atoms in total. The van der Waals surface area contributed by atoms with Gasteiger partial charge in [0.2, 0.25) is 10.0 Å². The Balaban J connectivity index is 5.95. The molecule has 0 atom stereocenters. The van der Waals surface area contributed by atoms with Crippen LogP contribution in [-0.2, 0) is 19.7 Å². The average molecular weight is 643 g/mol. The number of halogens is 17. The summed E-state index contributed by atoms with van der Waals surface area (Å²) in [5.41, 5.74) is 0.831. The third-order valence-electron chi connectivity index (χ3n) is 4.54. The summed E-state index contributed by atoms with van der Waals surface area (Å²) in [5, 5.41) is 0. The molecule has 0 spiro atoms. The maximum Gasteiger partial charge on any atom is 0.460 e. The van der Waals surface area contributed by atoms with Crippen LogP contribution in [0.2, 0.25) is 0 Å². The van der Waals surface area contributed by atoms with E-state index in [4.69, 9.17) is 0 Å². The fraction of sp³-hybridized carbons (Fsp3) is 0.933. The number of carbonyl (C=O) groups excluding carboxylic acids is 1. The summed E-state index contributed by atoms with van der Waals surface area (Å²) in [7, 11) is -5.16. The molecule has 234 valence electrons. The fourth-order valence-corrected chi connectivity index (χ4v) is 3.40. The van der Waals surface area contributed by atoms with E-state index >= 15 is 0 Å². The summed E-state index contributed by atoms with van der Waals surface area (Å²) >= 11 is 0. The molecule has 0 rings (SSSR count). The molecule has 0 aliphatic heterocycles. The largest absolute Gasteiger partial charge is 0.460 e. The number of sulfonamides is 1. The molecule has 39 heavy (non-hydrogen) atoms. The van der Waals surface area contributed by atoms with Gasteiger partial charge in [-0.25, -0.2) is 17.9 Å². The topological polar surface area (TPSA) is 89.1 Å². The molecule has 0 saturated heterocycles. The maximum absolute atomic E-state index is 13.8. The molecule has 24 heteroatoms. The van der Waals surface area contributed by atoms with Crippen molar-refractivity contribution >= 4 is 16.0 Å². The predicted octanol–water partition coefficient (Wildman–Crippen LogP) is 3.74. The van der Waals surface area contributed by atoms with Crippen LogP contribution < -0.4 is 10.2 Å². The summed E-state index contributed by atoms with van der Waals surface area (Å²) in [6, 6.07) is 0. The molecule has 0 saturated carbocycles. The van der Waals surface area contributed by atoms with E-state index in [1.807, 2.05) is 0 Å². The molecule has 0 radical (unpaired) electrons. The van der Waals surface area contributed by atoms with Crippen LogP contribution in [0.15, 0.2) is 0 Å². The van der Waals surface area contributed by atoms with Gasteiger partial charge < -0.3 is 0 Å². The number of hydrogen-bond acceptors (Lipinski definition) is 4. The second-order valence-electron chi connectivity index (χ2n) is 7.53. The first-order chi connectivity index (χ1) is 16.9. The van der Waals surface area contributed by atoms with Crippen molar-refractivity contribution in [3.05, 3.63) is 0 Å². The molecule has 0 aromatic carbocycles. The van der Waals surface area contributed by atoms with Gasteiger partial charge in [-0.15, -0.1) is 0 Å². The van der Waals surface area contributed by atoms with Crippen molar-refractivity contribution in [2.75, 3.05) is 18.8 Å². The lowest BCUT2D eigenvalue weighted by atomic mass is 9.88. The van der Waals surface area contributed by atoms with Crippen molar-refractivity contribution in [3.63, 3.8) is 0 Å². The SMILES string of the molecule is CC(=O)O[NH2+]CCCNS(=O)(=O)CCC(F)(F)C(F)(F)C(F)(F)C(F)(F)C(F)(F)C(F)(F)C(F)(F)C(F)(F)F. The third kappa shape index (κ3) is 6.90. The van der Waals surface area contributed by atoms with Gasteiger partial charge in [0.25, 0.3) is 0 Å². The number of quaternary nitrogens is 1. The van der Waals surface area contributed by atoms with Gasteiger partial charge in [-0.2, -0.15) is 80.1 Å². The number of nitrogens with two attached hydrogens (primary N) is 1. The van der Waals surface area contributed by atoms with Crippen molar-refractivity contribution in [3.8, 4) is 0 Å². The van der Waals surface area contributed by atoms with Gasteiger partial charge in [0.15, 0.2) is 0 Å². The Morgan fingerprint density at radius 1 is 0.692 bits per heavy atom. The van der Waals surface area contributed by atoms with Crippen molar-refractivity contribution in [2.24, 2.45) is 0 Å². The van der Waals surface area contributed by atoms with E-state index in [2.05, 4.69) is 4.84 Å². The molecule has 0 bridgehead atoms. The van der Waals surface area contributed by atoms with Gasteiger partial charge >= 0.3 is 53.6 Å². The van der Waals surface area contributed by atoms with Gasteiger partial charge in [-0.3, -0.25) is 4.84 Å². The smallest absolute Gasteiger partial charge is 0.280 e. The summed E-state index contributed by atoms with van der Waals surface area (Å²) in [4.78, 5) is 14.8. The second kappa shape index (κ2) is 11.2. The molecule has 0 fully saturated rings. The monoisotopic (exact) mass is 643 g/mol. The Bertz CT molecular complexity index is 966. The van der Waals surface area contributed by atoms with E-state index in [1.54, 1.807) is 0 Å². The Kier molecular flexibility index (Phi) is 10.7. The highest BCUT2D eigenvalue weighted by molar-refractivity contribution is 7.89. The van der Waals surface area contributed by atoms with Crippen LogP contribution >= 0.6 is 0 Å². The Morgan fingerprint density at radius 2 is 1.08 bits per heavy atom. The van der Waals surface area contributed by atoms with Crippen LogP contribution in [0.1, 0.15) is 19.8 Å². The van der Waals surface area contributed by atoms with Gasteiger partial charge in [0.05, 0.1) is 5.75 Å². The van der Waals surface area contributed by atoms with Crippen molar-refractivity contribution < 1.29 is 98.2 Å². The minimum atomic E-state index is -8.75. The van der Waals surface area contributed by atoms with E-state index in [0.717, 1.165) is 12.4 Å². The zero-order chi connectivity index (χ0) is 31.7. The number of hydroxylamine groups is 1. The Morgan fingerprint density at radius 3 is 1.46 bits per heavy atom. The highest BCUT2D eigenvalue weighted by Gasteiger charge is 2.95. The van der Waals surface area contributed by atoms with Crippen LogP contribution in [0.5, 0.6) is 0 Å². The van der Waals surface area contributed by atoms with Gasteiger partial charge in [0.1, 0.15) is 6.54 Å². The van der Waals surface area contributed by atoms with Crippen LogP contribution in [0.4, 0.5) is 74.6 Å². The van der Waals surface area contributed by atoms with Gasteiger partial charge in [-0.05, 0) is 0 Å². The summed E-state index contributed by atoms with van der Waals surface area (Å²) in [5.74, 6) is -60.7. The van der Waals surface area contributed by atoms with Gasteiger partial charge in [-0.1, -0.05) is 0 Å². The van der Waals surface area contributed by atoms with Crippen LogP contribution in [-0.4, -0.2) is 80.9 Å². The average Bonchev–Trinajstić information content (AvgIpc) is 2.73. The maximum atomic E-state index is 13.8. The lowest BCUT2D eigenvalue weighted by Gasteiger charge is -2.42. The van der Waals surface area contributed by atoms with E-state index in [-0.39, 0.29) is 13.0 Å². The third-order valence-corrected chi connectivity index (χ3v) is 5.93. The fourth-order valence-electron chi connectivity index (χ4n) is 2.28. The standard InChI is InChI=1S/C15H15F17N2O4S/c1-7(35)38-33-4-2-5-34-39(36,37)6-3-8(16,17)9(18,19)10(20,21)11(22,23)12(24,25)13(26,27)14(28,29)15(30,31)32/h33-34H,2-6H2,1H3/p+1. The molecule has 0 amide bonds. The Hall–Kier alpha value is -1.85. The zero-order valence-corrected chi connectivity index (χ0v) is 19.4. The summed E-state index contributed by atoms with van der Waals surface area (Å²) in [6.07, 6.45) is -11.2. The number of alkyl halides is 17. The second-order valence-corrected chi connectivity index (χ2v) is 9.46. The van der Waals surface area contributed by atoms with Crippen molar-refractivity contribution in [2.45, 2.75) is 67.4 Å². The quantitative estimate of drug-likeness (QED) is 0.162. The molecular formula is C15H16F17N2O4S+. The first kappa shape index (κ1) is 37.1. The molecule has 0 aromatic rings. The molecule has 0 aromatic heterocycles. The van der Waals surface area contributed by atoms with E-state index in [0.29, 0.717) is 0 Å². The van der Waals surface area contributed by atoms with Gasteiger partial charge in [0, 0.05) is 26.3 Å². The summed E-state index contributed by atoms with van der Waals surface area (Å²) in [6.45, 7) is 0.0495.